The van der Waals surface area contributed by atoms with Crippen molar-refractivity contribution in [3.8, 4) is 0 Å². The summed E-state index contributed by atoms with van der Waals surface area (Å²) >= 11 is 2.68. The van der Waals surface area contributed by atoms with Crippen LogP contribution >= 0.6 is 23.1 Å². The average molecular weight is 358 g/mol. The van der Waals surface area contributed by atoms with Gasteiger partial charge in [0.25, 0.3) is 0 Å². The van der Waals surface area contributed by atoms with Crippen molar-refractivity contribution in [2.45, 2.75) is 19.1 Å². The van der Waals surface area contributed by atoms with Gasteiger partial charge in [-0.2, -0.15) is 5.11 Å². The van der Waals surface area contributed by atoms with Crippen molar-refractivity contribution in [2.75, 3.05) is 16.4 Å². The predicted octanol–water partition coefficient (Wildman–Crippen LogP) is 3.44. The van der Waals surface area contributed by atoms with Crippen LogP contribution in [-0.2, 0) is 4.79 Å². The molecule has 0 fully saturated rings. The van der Waals surface area contributed by atoms with E-state index >= 15 is 0 Å². The third-order valence-corrected chi connectivity index (χ3v) is 5.32. The fourth-order valence-electron chi connectivity index (χ4n) is 2.54. The Morgan fingerprint density at radius 3 is 3.12 bits per heavy atom. The number of thioether (sulfide) groups is 1. The average Bonchev–Trinajstić information content (AvgIpc) is 3.15. The van der Waals surface area contributed by atoms with E-state index in [1.54, 1.807) is 0 Å². The molecule has 0 bridgehead atoms. The molecule has 1 amide bonds. The Balaban J connectivity index is 1.36. The highest BCUT2D eigenvalue weighted by atomic mass is 32.2. The summed E-state index contributed by atoms with van der Waals surface area (Å²) in [6, 6.07) is 7.91. The SMILES string of the molecule is Cc1csc(NC(=O)CSC2=N[C@H]3Nc4ccccc4[C@H]3N=N2)n1. The maximum atomic E-state index is 12.0. The van der Waals surface area contributed by atoms with E-state index in [1.807, 2.05) is 36.6 Å². The number of aryl methyl sites for hydroxylation is 1. The molecule has 2 aliphatic rings. The number of amides is 1. The van der Waals surface area contributed by atoms with Crippen molar-refractivity contribution in [3.63, 3.8) is 0 Å². The summed E-state index contributed by atoms with van der Waals surface area (Å²) in [5.74, 6) is 0.0953. The maximum Gasteiger partial charge on any atom is 0.236 e. The van der Waals surface area contributed by atoms with Crippen molar-refractivity contribution < 1.29 is 4.79 Å². The van der Waals surface area contributed by atoms with E-state index in [-0.39, 0.29) is 23.9 Å². The molecule has 2 aromatic rings. The molecule has 4 rings (SSSR count). The zero-order chi connectivity index (χ0) is 16.5. The number of aliphatic imine (C=N–C) groups is 1. The Labute approximate surface area is 146 Å². The van der Waals surface area contributed by atoms with Crippen LogP contribution in [0.3, 0.4) is 0 Å². The Kier molecular flexibility index (Phi) is 4.03. The van der Waals surface area contributed by atoms with Crippen LogP contribution in [0.2, 0.25) is 0 Å². The number of nitrogens with zero attached hydrogens (tertiary/aromatic N) is 4. The molecule has 2 N–H and O–H groups in total. The molecular weight excluding hydrogens is 344 g/mol. The van der Waals surface area contributed by atoms with Gasteiger partial charge in [0, 0.05) is 16.6 Å². The normalized spacial score (nSPS) is 20.8. The number of para-hydroxylation sites is 1. The fourth-order valence-corrected chi connectivity index (χ4v) is 3.87. The molecule has 0 radical (unpaired) electrons. The smallest absolute Gasteiger partial charge is 0.236 e. The van der Waals surface area contributed by atoms with Gasteiger partial charge in [-0.15, -0.1) is 16.5 Å². The van der Waals surface area contributed by atoms with Crippen LogP contribution in [0, 0.1) is 6.92 Å². The minimum Gasteiger partial charge on any atom is -0.361 e. The molecule has 1 aromatic heterocycles. The third-order valence-electron chi connectivity index (χ3n) is 3.60. The van der Waals surface area contributed by atoms with Crippen LogP contribution in [0.15, 0.2) is 44.9 Å². The number of fused-ring (bicyclic) bond motifs is 3. The highest BCUT2D eigenvalue weighted by molar-refractivity contribution is 8.14. The zero-order valence-electron chi connectivity index (χ0n) is 12.8. The Hall–Kier alpha value is -2.26. The van der Waals surface area contributed by atoms with Gasteiger partial charge in [-0.25, -0.2) is 9.98 Å². The van der Waals surface area contributed by atoms with Crippen molar-refractivity contribution in [3.05, 3.63) is 40.9 Å². The highest BCUT2D eigenvalue weighted by Crippen LogP contribution is 2.39. The molecule has 0 spiro atoms. The number of amidine groups is 1. The molecular formula is C15H14N6OS2. The van der Waals surface area contributed by atoms with Gasteiger partial charge in [-0.05, 0) is 13.0 Å². The summed E-state index contributed by atoms with van der Waals surface area (Å²) in [7, 11) is 0. The molecule has 24 heavy (non-hydrogen) atoms. The molecule has 2 aliphatic heterocycles. The number of thiazole rings is 1. The van der Waals surface area contributed by atoms with Gasteiger partial charge in [0.05, 0.1) is 11.4 Å². The van der Waals surface area contributed by atoms with E-state index in [9.17, 15) is 4.79 Å². The van der Waals surface area contributed by atoms with Crippen LogP contribution in [0.5, 0.6) is 0 Å². The van der Waals surface area contributed by atoms with Crippen LogP contribution in [0.4, 0.5) is 10.8 Å². The highest BCUT2D eigenvalue weighted by Gasteiger charge is 2.34. The number of hydrogen-bond donors (Lipinski definition) is 2. The fraction of sp³-hybridized carbons (Fsp3) is 0.267. The molecule has 2 atom stereocenters. The zero-order valence-corrected chi connectivity index (χ0v) is 14.4. The number of benzene rings is 1. The van der Waals surface area contributed by atoms with Gasteiger partial charge < -0.3 is 10.6 Å². The summed E-state index contributed by atoms with van der Waals surface area (Å²) in [6.45, 7) is 1.89. The van der Waals surface area contributed by atoms with Gasteiger partial charge in [-0.3, -0.25) is 4.79 Å². The van der Waals surface area contributed by atoms with Crippen LogP contribution in [0.25, 0.3) is 0 Å². The summed E-state index contributed by atoms with van der Waals surface area (Å²) in [5, 5.41) is 17.6. The van der Waals surface area contributed by atoms with Crippen LogP contribution in [0.1, 0.15) is 17.3 Å². The first-order valence-electron chi connectivity index (χ1n) is 7.38. The number of carbonyl (C=O) groups excluding carboxylic acids is 1. The number of nitrogens with one attached hydrogen (secondary N) is 2. The van der Waals surface area contributed by atoms with Crippen molar-refractivity contribution in [2.24, 2.45) is 15.2 Å². The monoisotopic (exact) mass is 358 g/mol. The van der Waals surface area contributed by atoms with E-state index in [2.05, 4.69) is 30.8 Å². The molecule has 1 aromatic carbocycles. The van der Waals surface area contributed by atoms with Gasteiger partial charge >= 0.3 is 0 Å². The number of anilines is 2. The van der Waals surface area contributed by atoms with Gasteiger partial charge in [-0.1, -0.05) is 30.0 Å². The minimum absolute atomic E-state index is 0.0855. The summed E-state index contributed by atoms with van der Waals surface area (Å²) in [6.07, 6.45) is -0.146. The summed E-state index contributed by atoms with van der Waals surface area (Å²) < 4.78 is 0. The van der Waals surface area contributed by atoms with Gasteiger partial charge in [0.15, 0.2) is 11.3 Å². The minimum atomic E-state index is -0.146. The standard InChI is InChI=1S/C15H14N6OS2/c1-8-6-23-14(16-8)18-11(22)7-24-15-19-13-12(20-21-15)9-4-2-3-5-10(9)17-13/h2-6,12-13,17H,7H2,1H3,(H,16,18,22)/t12-,13-/m1/s1. The second-order valence-electron chi connectivity index (χ2n) is 5.38. The molecule has 0 unspecified atom stereocenters. The molecule has 122 valence electrons. The molecule has 3 heterocycles. The first-order chi connectivity index (χ1) is 11.7. The van der Waals surface area contributed by atoms with Crippen molar-refractivity contribution in [1.82, 2.24) is 4.98 Å². The van der Waals surface area contributed by atoms with Crippen molar-refractivity contribution in [1.29, 1.82) is 0 Å². The molecule has 0 saturated carbocycles. The lowest BCUT2D eigenvalue weighted by Gasteiger charge is -2.16. The lowest BCUT2D eigenvalue weighted by Crippen LogP contribution is -2.22. The first-order valence-corrected chi connectivity index (χ1v) is 9.24. The summed E-state index contributed by atoms with van der Waals surface area (Å²) in [4.78, 5) is 20.7. The first kappa shape index (κ1) is 15.3. The van der Waals surface area contributed by atoms with Crippen molar-refractivity contribution >= 4 is 45.0 Å². The number of rotatable bonds is 3. The quantitative estimate of drug-likeness (QED) is 0.879. The Bertz CT molecular complexity index is 846. The number of azo groups is 1. The van der Waals surface area contributed by atoms with E-state index in [0.717, 1.165) is 16.9 Å². The number of hydrogen-bond acceptors (Lipinski definition) is 8. The van der Waals surface area contributed by atoms with Crippen LogP contribution in [-0.4, -0.2) is 28.0 Å². The Morgan fingerprint density at radius 1 is 1.42 bits per heavy atom. The third kappa shape index (κ3) is 3.04. The second kappa shape index (κ2) is 6.33. The maximum absolute atomic E-state index is 12.0. The van der Waals surface area contributed by atoms with E-state index in [4.69, 9.17) is 0 Å². The molecule has 9 heteroatoms. The van der Waals surface area contributed by atoms with E-state index in [0.29, 0.717) is 10.3 Å². The van der Waals surface area contributed by atoms with E-state index in [1.165, 1.54) is 23.1 Å². The number of carbonyl (C=O) groups is 1. The lowest BCUT2D eigenvalue weighted by atomic mass is 10.1. The van der Waals surface area contributed by atoms with Gasteiger partial charge in [0.2, 0.25) is 11.1 Å². The largest absolute Gasteiger partial charge is 0.361 e. The summed E-state index contributed by atoms with van der Waals surface area (Å²) in [5.41, 5.74) is 3.04. The lowest BCUT2D eigenvalue weighted by molar-refractivity contribution is -0.113. The number of aromatic nitrogens is 1. The molecule has 7 nitrogen and oxygen atoms in total. The second-order valence-corrected chi connectivity index (χ2v) is 7.18. The molecule has 0 saturated heterocycles. The Morgan fingerprint density at radius 2 is 2.29 bits per heavy atom. The van der Waals surface area contributed by atoms with Gasteiger partial charge in [0.1, 0.15) is 6.04 Å². The van der Waals surface area contributed by atoms with E-state index < -0.39 is 0 Å². The topological polar surface area (TPSA) is 91.1 Å². The van der Waals surface area contributed by atoms with Crippen LogP contribution < -0.4 is 10.6 Å². The predicted molar refractivity (Wildman–Crippen MR) is 96.8 cm³/mol. The molecule has 0 aliphatic carbocycles.